The Morgan fingerprint density at radius 3 is 0.852 bits per heavy atom. The number of hydrogen-bond donors (Lipinski definition) is 0. The molecule has 0 atom stereocenters. The molecule has 0 aliphatic carbocycles. The molecule has 0 bridgehead atoms. The quantitative estimate of drug-likeness (QED) is 0.0541. The average molecular weight is 1850 g/mol. The Morgan fingerprint density at radius 2 is 0.521 bits per heavy atom. The van der Waals surface area contributed by atoms with Gasteiger partial charge in [-0.3, -0.25) is 24.9 Å². The highest BCUT2D eigenvalue weighted by Gasteiger charge is 2.46. The van der Waals surface area contributed by atoms with Gasteiger partial charge in [-0.1, -0.05) is 335 Å². The van der Waals surface area contributed by atoms with Gasteiger partial charge in [0.1, 0.15) is 33.8 Å². The van der Waals surface area contributed by atoms with Crippen molar-refractivity contribution in [3.05, 3.63) is 534 Å². The maximum absolute atomic E-state index is 6.41. The van der Waals surface area contributed by atoms with Crippen molar-refractivity contribution in [2.75, 3.05) is 9.80 Å². The standard InChI is InChI=1S/C40H32N2.C36H24N2.C26H20N2.3C9H7NO.Al/c1-3-31-13-11-19-39(29-31)41(35-15-7-5-8-16-35)37-25-21-33(22-26-37)34-23-27-38(28-24-34)42(36-17-9-6-10-18-36)40-20-12-14-32(4-2)30-40;1-5-13-33-29(9-1)30-10-2-6-14-34(30)37(33)27-21-17-25(18-22-27)26-19-23-28(24-20-26)38-35-15-7-3-11-31(35)32-12-4-8-16-36(32)38;1-17-15-23(19-9-5-3-6-10-19)21-13-14-22-24(20-11-7-4-8-12-20)16-18(2)28-26(22)25(21)27-17;3*11-8-5-1-3-7-4-2-6-10-9(7)8;/h3-30H,1-2H2;1-24H;3-16H,1-2H3;3*1-6,11H;/q;;;;;;+3/p-3. The maximum atomic E-state index is 6.41. The van der Waals surface area contributed by atoms with Crippen LogP contribution in [0.5, 0.6) is 17.2 Å². The molecule has 676 valence electrons. The van der Waals surface area contributed by atoms with Crippen molar-refractivity contribution in [3.63, 3.8) is 0 Å². The molecule has 0 amide bonds. The van der Waals surface area contributed by atoms with Crippen molar-refractivity contribution in [3.8, 4) is 73.1 Å². The normalized spacial score (nSPS) is 11.1. The lowest BCUT2D eigenvalue weighted by atomic mass is 9.95. The van der Waals surface area contributed by atoms with E-state index in [0.29, 0.717) is 17.2 Å². The summed E-state index contributed by atoms with van der Waals surface area (Å²) in [6.45, 7) is 12.0. The highest BCUT2D eigenvalue weighted by molar-refractivity contribution is 6.40. The third-order valence-corrected chi connectivity index (χ3v) is 27.1. The van der Waals surface area contributed by atoms with Crippen molar-refractivity contribution < 1.29 is 11.4 Å². The van der Waals surface area contributed by atoms with Crippen LogP contribution in [0.3, 0.4) is 0 Å². The molecule has 0 radical (unpaired) electrons. The Morgan fingerprint density at radius 1 is 0.239 bits per heavy atom. The van der Waals surface area contributed by atoms with Crippen LogP contribution in [0.4, 0.5) is 34.1 Å². The van der Waals surface area contributed by atoms with Gasteiger partial charge >= 0.3 is 15.1 Å². The second kappa shape index (κ2) is 40.5. The number of para-hydroxylation sites is 9. The van der Waals surface area contributed by atoms with E-state index in [1.165, 1.54) is 88.4 Å². The SMILES string of the molecule is C=Cc1cccc(N(c2ccccc2)c2ccc(-c3ccc(N(c4ccccc4)c4cccc(C=C)c4)cc3)cc2)c1.Cc1cc(-c2ccccc2)c2ccc3c(-c4ccccc4)cc(C)nc3c2n1.c1ccc2c(c1)c1ccccc1n2-c1ccc(-c2ccc(-n3c4ccccc4c4ccccc43)cc2)cc1.c1cnc2c([O][Al]([O]c3cccc4cccnc34)[O]c3cccc4cccnc34)cccc2c1. The van der Waals surface area contributed by atoms with Crippen molar-refractivity contribution in [1.82, 2.24) is 34.1 Å². The zero-order valence-corrected chi connectivity index (χ0v) is 79.4. The molecular weight excluding hydrogens is 1750 g/mol. The summed E-state index contributed by atoms with van der Waals surface area (Å²) < 4.78 is 24.0. The van der Waals surface area contributed by atoms with E-state index in [4.69, 9.17) is 21.3 Å². The average Bonchev–Trinajstić information content (AvgIpc) is 1.43. The molecule has 7 heterocycles. The Bertz CT molecular complexity index is 8180. The van der Waals surface area contributed by atoms with Gasteiger partial charge in [-0.25, -0.2) is 0 Å². The smallest absolute Gasteiger partial charge is 0.576 e. The lowest BCUT2D eigenvalue weighted by Gasteiger charge is -2.26. The van der Waals surface area contributed by atoms with Gasteiger partial charge < -0.3 is 30.3 Å². The highest BCUT2D eigenvalue weighted by atomic mass is 27.3. The van der Waals surface area contributed by atoms with Crippen LogP contribution in [0.1, 0.15) is 22.5 Å². The van der Waals surface area contributed by atoms with Crippen LogP contribution in [0, 0.1) is 13.8 Å². The summed E-state index contributed by atoms with van der Waals surface area (Å²) in [6, 6.07) is 167. The van der Waals surface area contributed by atoms with Crippen molar-refractivity contribution >= 4 is 160 Å². The third-order valence-electron chi connectivity index (χ3n) is 25.7. The van der Waals surface area contributed by atoms with Crippen LogP contribution < -0.4 is 21.2 Å². The molecule has 0 N–H and O–H groups in total. The van der Waals surface area contributed by atoms with E-state index in [2.05, 4.69) is 425 Å². The van der Waals surface area contributed by atoms with E-state index >= 15 is 0 Å². The molecule has 0 spiro atoms. The number of fused-ring (bicyclic) bond motifs is 12. The number of pyridine rings is 5. The molecule has 142 heavy (non-hydrogen) atoms. The molecule has 0 saturated carbocycles. The van der Waals surface area contributed by atoms with Gasteiger partial charge in [0.2, 0.25) is 0 Å². The first kappa shape index (κ1) is 88.9. The van der Waals surface area contributed by atoms with Crippen LogP contribution in [0.15, 0.2) is 511 Å². The van der Waals surface area contributed by atoms with Gasteiger partial charge in [-0.15, -0.1) is 0 Å². The minimum Gasteiger partial charge on any atom is -0.576 e. The Balaban J connectivity index is 0.000000109. The van der Waals surface area contributed by atoms with Gasteiger partial charge in [-0.2, -0.15) is 0 Å². The van der Waals surface area contributed by atoms with Crippen LogP contribution >= 0.6 is 0 Å². The third kappa shape index (κ3) is 18.5. The Kier molecular flexibility index (Phi) is 25.3. The monoisotopic (exact) mass is 1840 g/mol. The first-order valence-corrected chi connectivity index (χ1v) is 48.9. The number of anilines is 6. The molecular formula is C129H94AlN9O3. The van der Waals surface area contributed by atoms with E-state index in [1.54, 1.807) is 18.6 Å². The van der Waals surface area contributed by atoms with Crippen molar-refractivity contribution in [1.29, 1.82) is 0 Å². The van der Waals surface area contributed by atoms with Crippen molar-refractivity contribution in [2.24, 2.45) is 0 Å². The van der Waals surface area contributed by atoms with E-state index in [9.17, 15) is 0 Å². The lowest BCUT2D eigenvalue weighted by Crippen LogP contribution is -2.37. The largest absolute Gasteiger partial charge is 1.20 e. The Labute approximate surface area is 829 Å². The van der Waals surface area contributed by atoms with Gasteiger partial charge in [0, 0.05) is 124 Å². The van der Waals surface area contributed by atoms with Gasteiger partial charge in [0.05, 0.1) is 33.1 Å². The van der Waals surface area contributed by atoms with Crippen LogP contribution in [0.2, 0.25) is 0 Å². The first-order chi connectivity index (χ1) is 70.1. The molecule has 12 nitrogen and oxygen atoms in total. The number of hydrogen-bond acceptors (Lipinski definition) is 10. The molecule has 0 aliphatic rings. The molecule has 0 fully saturated rings. The second-order valence-electron chi connectivity index (χ2n) is 34.7. The second-order valence-corrected chi connectivity index (χ2v) is 36.0. The van der Waals surface area contributed by atoms with Gasteiger partial charge in [0.25, 0.3) is 0 Å². The highest BCUT2D eigenvalue weighted by Crippen LogP contribution is 2.44. The molecule has 0 aliphatic heterocycles. The van der Waals surface area contributed by atoms with E-state index in [0.717, 1.165) is 122 Å². The number of aryl methyl sites for hydroxylation is 2. The fraction of sp³-hybridized carbons (Fsp3) is 0.0155. The Hall–Kier alpha value is -18.4. The summed E-state index contributed by atoms with van der Waals surface area (Å²) in [5.41, 5.74) is 31.8. The summed E-state index contributed by atoms with van der Waals surface area (Å²) in [6.07, 6.45) is 9.01. The predicted octanol–water partition coefficient (Wildman–Crippen LogP) is 33.7. The summed E-state index contributed by atoms with van der Waals surface area (Å²) in [5, 5.41) is 10.4. The number of benzene rings is 18. The topological polar surface area (TPSA) is 108 Å². The van der Waals surface area contributed by atoms with E-state index in [1.807, 2.05) is 127 Å². The fourth-order valence-electron chi connectivity index (χ4n) is 19.1. The summed E-state index contributed by atoms with van der Waals surface area (Å²) >= 11 is -2.86. The van der Waals surface area contributed by atoms with Gasteiger partial charge in [-0.05, 0) is 239 Å². The maximum Gasteiger partial charge on any atom is 1.20 e. The summed E-state index contributed by atoms with van der Waals surface area (Å²) in [5.74, 6) is 1.82. The first-order valence-electron chi connectivity index (χ1n) is 47.5. The zero-order chi connectivity index (χ0) is 95.6. The molecule has 7 aromatic heterocycles. The summed E-state index contributed by atoms with van der Waals surface area (Å²) in [7, 11) is 0. The molecule has 18 aromatic carbocycles. The number of aromatic nitrogens is 7. The van der Waals surface area contributed by atoms with Gasteiger partial charge in [0.15, 0.2) is 0 Å². The molecule has 0 saturated heterocycles. The molecule has 25 rings (SSSR count). The van der Waals surface area contributed by atoms with Crippen molar-refractivity contribution in [2.45, 2.75) is 13.8 Å². The lowest BCUT2D eigenvalue weighted by molar-refractivity contribution is 0.311. The minimum atomic E-state index is -2.86. The van der Waals surface area contributed by atoms with Crippen LogP contribution in [-0.4, -0.2) is 49.2 Å². The number of nitrogens with zero attached hydrogens (tertiary/aromatic N) is 9. The molecule has 25 aromatic rings. The number of rotatable bonds is 20. The molecule has 0 unspecified atom stereocenters. The minimum absolute atomic E-state index is 0.608. The van der Waals surface area contributed by atoms with Crippen LogP contribution in [-0.2, 0) is 0 Å². The van der Waals surface area contributed by atoms with Crippen LogP contribution in [0.25, 0.3) is 166 Å². The predicted molar refractivity (Wildman–Crippen MR) is 592 cm³/mol. The summed E-state index contributed by atoms with van der Waals surface area (Å²) in [4.78, 5) is 27.9. The van der Waals surface area contributed by atoms with E-state index in [-0.39, 0.29) is 0 Å². The molecule has 13 heteroatoms. The fourth-order valence-corrected chi connectivity index (χ4v) is 20.4. The van der Waals surface area contributed by atoms with E-state index < -0.39 is 15.1 Å². The zero-order valence-electron chi connectivity index (χ0n) is 78.2.